The summed E-state index contributed by atoms with van der Waals surface area (Å²) in [4.78, 5) is 2.57. The molecule has 2 aromatic carbocycles. The minimum absolute atomic E-state index is 1.29. The molecule has 0 amide bonds. The average Bonchev–Trinajstić information content (AvgIpc) is 2.34. The Morgan fingerprint density at radius 2 is 0.933 bits per heavy atom. The van der Waals surface area contributed by atoms with E-state index < -0.39 is 0 Å². The molecule has 0 saturated heterocycles. The van der Waals surface area contributed by atoms with Crippen molar-refractivity contribution in [2.75, 3.05) is 0 Å². The lowest BCUT2D eigenvalue weighted by atomic mass is 10.4. The molecule has 2 rings (SSSR count). The van der Waals surface area contributed by atoms with Crippen LogP contribution in [0, 0.1) is 0 Å². The third kappa shape index (κ3) is 4.16. The molecule has 0 saturated carbocycles. The van der Waals surface area contributed by atoms with Crippen LogP contribution in [0.5, 0.6) is 0 Å². The van der Waals surface area contributed by atoms with Gasteiger partial charge < -0.3 is 0 Å². The summed E-state index contributed by atoms with van der Waals surface area (Å²) in [5.41, 5.74) is 0. The molecule has 0 spiro atoms. The topological polar surface area (TPSA) is 52.0 Å². The maximum atomic E-state index is 4.00. The Hall–Kier alpha value is -1.29. The SMILES string of the molecule is NN.c1ccc(Sc2ccccc2)cc1. The summed E-state index contributed by atoms with van der Waals surface area (Å²) in [5.74, 6) is 8.00. The Kier molecular flexibility index (Phi) is 5.55. The molecule has 0 bridgehead atoms. The van der Waals surface area contributed by atoms with Crippen LogP contribution in [0.1, 0.15) is 0 Å². The first-order chi connectivity index (χ1) is 7.45. The summed E-state index contributed by atoms with van der Waals surface area (Å²) >= 11 is 1.79. The van der Waals surface area contributed by atoms with Crippen LogP contribution in [0.4, 0.5) is 0 Å². The van der Waals surface area contributed by atoms with E-state index >= 15 is 0 Å². The van der Waals surface area contributed by atoms with Gasteiger partial charge in [-0.1, -0.05) is 48.2 Å². The van der Waals surface area contributed by atoms with Gasteiger partial charge >= 0.3 is 0 Å². The molecule has 0 aliphatic carbocycles. The van der Waals surface area contributed by atoms with Crippen molar-refractivity contribution in [3.63, 3.8) is 0 Å². The molecule has 0 unspecified atom stereocenters. The molecule has 0 aliphatic rings. The second-order valence-corrected chi connectivity index (χ2v) is 3.88. The molecular weight excluding hydrogens is 204 g/mol. The molecule has 0 heterocycles. The Balaban J connectivity index is 0.000000531. The fourth-order valence-electron chi connectivity index (χ4n) is 1.11. The maximum Gasteiger partial charge on any atom is 0.0122 e. The van der Waals surface area contributed by atoms with E-state index in [1.807, 2.05) is 12.1 Å². The van der Waals surface area contributed by atoms with Gasteiger partial charge in [0.15, 0.2) is 0 Å². The number of hydrogen-bond donors (Lipinski definition) is 2. The molecular formula is C12H14N2S. The summed E-state index contributed by atoms with van der Waals surface area (Å²) in [7, 11) is 0. The highest BCUT2D eigenvalue weighted by Crippen LogP contribution is 2.26. The molecule has 0 fully saturated rings. The van der Waals surface area contributed by atoms with Crippen molar-refractivity contribution in [2.45, 2.75) is 9.79 Å². The van der Waals surface area contributed by atoms with Gasteiger partial charge in [0.05, 0.1) is 0 Å². The smallest absolute Gasteiger partial charge is 0.0122 e. The second-order valence-electron chi connectivity index (χ2n) is 2.73. The van der Waals surface area contributed by atoms with Gasteiger partial charge in [0, 0.05) is 9.79 Å². The van der Waals surface area contributed by atoms with Crippen LogP contribution in [-0.2, 0) is 0 Å². The highest BCUT2D eigenvalue weighted by Gasteiger charge is 1.93. The van der Waals surface area contributed by atoms with Crippen LogP contribution < -0.4 is 11.7 Å². The number of rotatable bonds is 2. The Morgan fingerprint density at radius 1 is 0.600 bits per heavy atom. The Bertz CT molecular complexity index is 324. The van der Waals surface area contributed by atoms with E-state index in [9.17, 15) is 0 Å². The third-order valence-corrected chi connectivity index (χ3v) is 2.74. The quantitative estimate of drug-likeness (QED) is 0.602. The first-order valence-electron chi connectivity index (χ1n) is 4.56. The van der Waals surface area contributed by atoms with Gasteiger partial charge in [0.2, 0.25) is 0 Å². The van der Waals surface area contributed by atoms with Crippen molar-refractivity contribution < 1.29 is 0 Å². The molecule has 15 heavy (non-hydrogen) atoms. The van der Waals surface area contributed by atoms with Crippen LogP contribution in [-0.4, -0.2) is 0 Å². The van der Waals surface area contributed by atoms with Crippen LogP contribution in [0.15, 0.2) is 70.5 Å². The summed E-state index contributed by atoms with van der Waals surface area (Å²) in [5, 5.41) is 0. The van der Waals surface area contributed by atoms with Crippen LogP contribution in [0.2, 0.25) is 0 Å². The van der Waals surface area contributed by atoms with Crippen molar-refractivity contribution >= 4 is 11.8 Å². The zero-order valence-electron chi connectivity index (χ0n) is 8.34. The maximum absolute atomic E-state index is 4.00. The van der Waals surface area contributed by atoms with Crippen molar-refractivity contribution in [2.24, 2.45) is 11.7 Å². The van der Waals surface area contributed by atoms with Gasteiger partial charge in [-0.25, -0.2) is 0 Å². The van der Waals surface area contributed by atoms with E-state index in [0.717, 1.165) is 0 Å². The van der Waals surface area contributed by atoms with Gasteiger partial charge in [-0.05, 0) is 24.3 Å². The van der Waals surface area contributed by atoms with E-state index in [0.29, 0.717) is 0 Å². The molecule has 78 valence electrons. The van der Waals surface area contributed by atoms with Crippen LogP contribution in [0.3, 0.4) is 0 Å². The minimum atomic E-state index is 1.29. The fraction of sp³-hybridized carbons (Fsp3) is 0. The predicted octanol–water partition coefficient (Wildman–Crippen LogP) is 2.66. The normalized spacial score (nSPS) is 8.93. The van der Waals surface area contributed by atoms with Gasteiger partial charge in [-0.2, -0.15) is 0 Å². The summed E-state index contributed by atoms with van der Waals surface area (Å²) in [6.45, 7) is 0. The average molecular weight is 218 g/mol. The number of nitrogens with two attached hydrogens (primary N) is 2. The summed E-state index contributed by atoms with van der Waals surface area (Å²) < 4.78 is 0. The zero-order chi connectivity index (χ0) is 10.9. The lowest BCUT2D eigenvalue weighted by molar-refractivity contribution is 1.26. The van der Waals surface area contributed by atoms with E-state index in [1.165, 1.54) is 9.79 Å². The zero-order valence-corrected chi connectivity index (χ0v) is 9.15. The minimum Gasteiger partial charge on any atom is -0.274 e. The van der Waals surface area contributed by atoms with Crippen molar-refractivity contribution in [3.8, 4) is 0 Å². The van der Waals surface area contributed by atoms with Gasteiger partial charge in [0.1, 0.15) is 0 Å². The third-order valence-electron chi connectivity index (χ3n) is 1.72. The molecule has 4 N–H and O–H groups in total. The molecule has 3 heteroatoms. The highest BCUT2D eigenvalue weighted by molar-refractivity contribution is 7.99. The van der Waals surface area contributed by atoms with Gasteiger partial charge in [-0.15, -0.1) is 0 Å². The van der Waals surface area contributed by atoms with E-state index in [1.54, 1.807) is 11.8 Å². The summed E-state index contributed by atoms with van der Waals surface area (Å²) in [6.07, 6.45) is 0. The standard InChI is InChI=1S/C12H10S.H4N2/c1-3-7-11(8-4-1)13-12-9-5-2-6-10-12;1-2/h1-10H;1-2H2. The Labute approximate surface area is 94.3 Å². The highest BCUT2D eigenvalue weighted by atomic mass is 32.2. The van der Waals surface area contributed by atoms with E-state index in [2.05, 4.69) is 60.2 Å². The van der Waals surface area contributed by atoms with Crippen molar-refractivity contribution in [3.05, 3.63) is 60.7 Å². The predicted molar refractivity (Wildman–Crippen MR) is 65.4 cm³/mol. The number of hydrogen-bond acceptors (Lipinski definition) is 3. The number of hydrazine groups is 1. The molecule has 0 atom stereocenters. The second kappa shape index (κ2) is 7.06. The molecule has 0 radical (unpaired) electrons. The van der Waals surface area contributed by atoms with Gasteiger partial charge in [0.25, 0.3) is 0 Å². The van der Waals surface area contributed by atoms with E-state index in [4.69, 9.17) is 0 Å². The first kappa shape index (κ1) is 11.8. The van der Waals surface area contributed by atoms with Crippen LogP contribution in [0.25, 0.3) is 0 Å². The largest absolute Gasteiger partial charge is 0.274 e. The van der Waals surface area contributed by atoms with Crippen molar-refractivity contribution in [1.29, 1.82) is 0 Å². The Morgan fingerprint density at radius 3 is 1.27 bits per heavy atom. The van der Waals surface area contributed by atoms with E-state index in [-0.39, 0.29) is 0 Å². The molecule has 0 aromatic heterocycles. The monoisotopic (exact) mass is 218 g/mol. The molecule has 2 nitrogen and oxygen atoms in total. The fourth-order valence-corrected chi connectivity index (χ4v) is 1.97. The van der Waals surface area contributed by atoms with Crippen LogP contribution >= 0.6 is 11.8 Å². The molecule has 2 aromatic rings. The first-order valence-corrected chi connectivity index (χ1v) is 5.38. The lowest BCUT2D eigenvalue weighted by Crippen LogP contribution is -2.02. The number of benzene rings is 2. The molecule has 0 aliphatic heterocycles. The summed E-state index contributed by atoms with van der Waals surface area (Å²) in [6, 6.07) is 20.8. The van der Waals surface area contributed by atoms with Crippen molar-refractivity contribution in [1.82, 2.24) is 0 Å². The lowest BCUT2D eigenvalue weighted by Gasteiger charge is -1.99. The van der Waals surface area contributed by atoms with Gasteiger partial charge in [-0.3, -0.25) is 11.7 Å².